The zero-order valence-corrected chi connectivity index (χ0v) is 10.3. The Bertz CT molecular complexity index is 363. The van der Waals surface area contributed by atoms with E-state index in [4.69, 9.17) is 13.0 Å². The summed E-state index contributed by atoms with van der Waals surface area (Å²) in [6.45, 7) is 2.05. The number of nitrogens with zero attached hydrogens (tertiary/aromatic N) is 1. The molecule has 0 N–H and O–H groups in total. The van der Waals surface area contributed by atoms with E-state index < -0.39 is 15.6 Å². The van der Waals surface area contributed by atoms with Crippen molar-refractivity contribution in [1.29, 1.82) is 0 Å². The number of carbonyl (C=O) groups excluding carboxylic acids is 1. The van der Waals surface area contributed by atoms with E-state index in [1.54, 1.807) is 0 Å². The molecule has 1 rings (SSSR count). The summed E-state index contributed by atoms with van der Waals surface area (Å²) in [6.07, 6.45) is 1.57. The molecule has 0 aromatic heterocycles. The van der Waals surface area contributed by atoms with Gasteiger partial charge in [-0.1, -0.05) is 0 Å². The molecular formula is C8H14F3NO4S. The average Bonchev–Trinajstić information content (AvgIpc) is 2.08. The monoisotopic (exact) mass is 279 g/mol. The summed E-state index contributed by atoms with van der Waals surface area (Å²) in [6, 6.07) is 0. The van der Waals surface area contributed by atoms with Crippen LogP contribution in [0, 0.1) is 0 Å². The second-order valence-corrected chi connectivity index (χ2v) is 5.69. The quantitative estimate of drug-likeness (QED) is 0.280. The number of halogens is 3. The van der Waals surface area contributed by atoms with Crippen LogP contribution in [0.3, 0.4) is 0 Å². The summed E-state index contributed by atoms with van der Waals surface area (Å²) in [4.78, 5) is 10.7. The van der Waals surface area contributed by atoms with Crippen LogP contribution in [0.2, 0.25) is 0 Å². The van der Waals surface area contributed by atoms with Crippen LogP contribution in [0.25, 0.3) is 0 Å². The third kappa shape index (κ3) is 6.59. The Morgan fingerprint density at radius 2 is 1.53 bits per heavy atom. The highest BCUT2D eigenvalue weighted by Crippen LogP contribution is 2.20. The minimum Gasteiger partial charge on any atom is -0.741 e. The molecule has 0 bridgehead atoms. The SMILES string of the molecule is C[N+]1(C)CCC(=[18O])CC1.O=S(=O)([O-])C(F)(F)F. The number of ketones is 1. The highest BCUT2D eigenvalue weighted by atomic mass is 32.2. The van der Waals surface area contributed by atoms with E-state index in [1.807, 2.05) is 0 Å². The molecule has 0 aromatic rings. The first kappa shape index (κ1) is 16.3. The summed E-state index contributed by atoms with van der Waals surface area (Å²) < 4.78 is 59.9. The second kappa shape index (κ2) is 5.32. The van der Waals surface area contributed by atoms with Gasteiger partial charge in [-0.25, -0.2) is 8.42 Å². The summed E-state index contributed by atoms with van der Waals surface area (Å²) in [7, 11) is -1.74. The van der Waals surface area contributed by atoms with E-state index in [0.29, 0.717) is 5.78 Å². The predicted octanol–water partition coefficient (Wildman–Crippen LogP) is 0.477. The van der Waals surface area contributed by atoms with Crippen LogP contribution in [0.15, 0.2) is 0 Å². The van der Waals surface area contributed by atoms with Gasteiger partial charge in [0.15, 0.2) is 10.1 Å². The number of piperidine rings is 1. The van der Waals surface area contributed by atoms with E-state index >= 15 is 0 Å². The number of hydrogen-bond donors (Lipinski definition) is 0. The van der Waals surface area contributed by atoms with Crippen molar-refractivity contribution in [2.24, 2.45) is 0 Å². The Morgan fingerprint density at radius 1 is 1.24 bits per heavy atom. The molecule has 5 nitrogen and oxygen atoms in total. The van der Waals surface area contributed by atoms with Crippen molar-refractivity contribution < 1.29 is 35.4 Å². The third-order valence-electron chi connectivity index (χ3n) is 2.28. The van der Waals surface area contributed by atoms with Gasteiger partial charge in [0.1, 0.15) is 5.78 Å². The van der Waals surface area contributed by atoms with Gasteiger partial charge in [-0.3, -0.25) is 4.79 Å². The first-order valence-corrected chi connectivity index (χ1v) is 6.12. The molecule has 9 heteroatoms. The maximum atomic E-state index is 10.7. The summed E-state index contributed by atoms with van der Waals surface area (Å²) >= 11 is 0. The van der Waals surface area contributed by atoms with Crippen molar-refractivity contribution >= 4 is 15.9 Å². The molecule has 0 amide bonds. The largest absolute Gasteiger partial charge is 0.741 e. The zero-order chi connectivity index (χ0) is 13.9. The van der Waals surface area contributed by atoms with E-state index in [2.05, 4.69) is 14.1 Å². The Kier molecular flexibility index (Phi) is 5.11. The molecule has 1 aliphatic heterocycles. The Hall–Kier alpha value is -0.670. The predicted molar refractivity (Wildman–Crippen MR) is 51.8 cm³/mol. The van der Waals surface area contributed by atoms with Crippen LogP contribution >= 0.6 is 0 Å². The average molecular weight is 279 g/mol. The molecule has 1 aliphatic rings. The van der Waals surface area contributed by atoms with Crippen LogP contribution < -0.4 is 0 Å². The lowest BCUT2D eigenvalue weighted by Crippen LogP contribution is -2.46. The van der Waals surface area contributed by atoms with E-state index in [9.17, 15) is 18.0 Å². The number of rotatable bonds is 0. The van der Waals surface area contributed by atoms with Gasteiger partial charge < -0.3 is 9.04 Å². The first-order valence-electron chi connectivity index (χ1n) is 4.71. The Morgan fingerprint density at radius 3 is 1.71 bits per heavy atom. The van der Waals surface area contributed by atoms with E-state index in [1.165, 1.54) is 0 Å². The van der Waals surface area contributed by atoms with Gasteiger partial charge in [0.25, 0.3) is 0 Å². The number of carbonyl (C=O) groups is 1. The Balaban J connectivity index is 0.000000304. The molecule has 0 saturated carbocycles. The van der Waals surface area contributed by atoms with Crippen LogP contribution in [0.5, 0.6) is 0 Å². The molecule has 1 heterocycles. The minimum absolute atomic E-state index is 0.437. The molecule has 0 aliphatic carbocycles. The standard InChI is InChI=1S/C7H14NO.CHF3O3S/c1-8(2)5-3-7(9)4-6-8;2-1(3,4)8(5,6)7/h3-6H2,1-2H3;(H,5,6,7)/q+1;/p-1/i9+2;. The normalized spacial score (nSPS) is 20.5. The van der Waals surface area contributed by atoms with Crippen molar-refractivity contribution in [3.8, 4) is 0 Å². The fraction of sp³-hybridized carbons (Fsp3) is 0.875. The zero-order valence-electron chi connectivity index (χ0n) is 9.45. The second-order valence-electron chi connectivity index (χ2n) is 4.32. The molecule has 17 heavy (non-hydrogen) atoms. The van der Waals surface area contributed by atoms with Crippen molar-refractivity contribution in [3.63, 3.8) is 0 Å². The first-order chi connectivity index (χ1) is 7.35. The van der Waals surface area contributed by atoms with Crippen LogP contribution in [-0.2, 0) is 14.9 Å². The van der Waals surface area contributed by atoms with Gasteiger partial charge in [-0.05, 0) is 0 Å². The third-order valence-corrected chi connectivity index (χ3v) is 2.84. The minimum atomic E-state index is -6.09. The fourth-order valence-electron chi connectivity index (χ4n) is 1.09. The molecule has 0 radical (unpaired) electrons. The van der Waals surface area contributed by atoms with Crippen molar-refractivity contribution in [3.05, 3.63) is 0 Å². The van der Waals surface area contributed by atoms with Crippen molar-refractivity contribution in [2.75, 3.05) is 27.2 Å². The van der Waals surface area contributed by atoms with Gasteiger partial charge in [-0.2, -0.15) is 13.2 Å². The van der Waals surface area contributed by atoms with E-state index in [-0.39, 0.29) is 0 Å². The highest BCUT2D eigenvalue weighted by Gasteiger charge is 2.36. The van der Waals surface area contributed by atoms with Crippen LogP contribution in [0.4, 0.5) is 13.2 Å². The van der Waals surface area contributed by atoms with Crippen molar-refractivity contribution in [2.45, 2.75) is 18.3 Å². The molecule has 102 valence electrons. The lowest BCUT2D eigenvalue weighted by atomic mass is 10.1. The van der Waals surface area contributed by atoms with Gasteiger partial charge in [0.05, 0.1) is 40.0 Å². The number of Topliss-reactive ketones (excluding diaryl/α,β-unsaturated/α-hetero) is 1. The van der Waals surface area contributed by atoms with Crippen molar-refractivity contribution in [1.82, 2.24) is 0 Å². The number of hydrogen-bond acceptors (Lipinski definition) is 4. The number of likely N-dealkylation sites (tertiary alicyclic amines) is 1. The lowest BCUT2D eigenvalue weighted by Gasteiger charge is -2.32. The number of quaternary nitrogens is 1. The smallest absolute Gasteiger partial charge is 0.485 e. The Labute approximate surface area is 97.6 Å². The fourth-order valence-corrected chi connectivity index (χ4v) is 1.09. The van der Waals surface area contributed by atoms with Crippen LogP contribution in [-0.4, -0.2) is 55.9 Å². The topological polar surface area (TPSA) is 74.3 Å². The summed E-state index contributed by atoms with van der Waals surface area (Å²) in [5.41, 5.74) is -5.65. The maximum Gasteiger partial charge on any atom is 0.485 e. The number of alkyl halides is 3. The highest BCUT2D eigenvalue weighted by molar-refractivity contribution is 7.86. The van der Waals surface area contributed by atoms with Gasteiger partial charge >= 0.3 is 5.51 Å². The molecule has 0 spiro atoms. The van der Waals surface area contributed by atoms with Gasteiger partial charge in [0, 0.05) is 0 Å². The molecule has 0 unspecified atom stereocenters. The molecule has 0 atom stereocenters. The van der Waals surface area contributed by atoms with Gasteiger partial charge in [-0.15, -0.1) is 0 Å². The molecule has 0 aromatic carbocycles. The van der Waals surface area contributed by atoms with E-state index in [0.717, 1.165) is 30.4 Å². The summed E-state index contributed by atoms with van der Waals surface area (Å²) in [5.74, 6) is 0.437. The summed E-state index contributed by atoms with van der Waals surface area (Å²) in [5, 5.41) is 0. The lowest BCUT2D eigenvalue weighted by molar-refractivity contribution is -0.891. The molecule has 1 fully saturated rings. The maximum absolute atomic E-state index is 10.7. The molecule has 1 saturated heterocycles. The molecular weight excluding hydrogens is 265 g/mol. The van der Waals surface area contributed by atoms with Crippen LogP contribution in [0.1, 0.15) is 12.8 Å². The van der Waals surface area contributed by atoms with Gasteiger partial charge in [0.2, 0.25) is 0 Å².